The number of ether oxygens (including phenoxy) is 3. The zero-order chi connectivity index (χ0) is 13.5. The lowest BCUT2D eigenvalue weighted by Crippen LogP contribution is -2.25. The van der Waals surface area contributed by atoms with E-state index in [0.29, 0.717) is 16.2 Å². The van der Waals surface area contributed by atoms with Gasteiger partial charge in [-0.15, -0.1) is 8.78 Å². The van der Waals surface area contributed by atoms with E-state index in [1.165, 1.54) is 18.2 Å². The third-order valence-electron chi connectivity index (χ3n) is 2.28. The van der Waals surface area contributed by atoms with E-state index < -0.39 is 6.29 Å². The van der Waals surface area contributed by atoms with Crippen LogP contribution in [0.5, 0.6) is 23.1 Å². The lowest BCUT2D eigenvalue weighted by Gasteiger charge is -2.05. The average Bonchev–Trinajstić information content (AvgIpc) is 2.62. The summed E-state index contributed by atoms with van der Waals surface area (Å²) in [4.78, 5) is 4.06. The Bertz CT molecular complexity index is 636. The van der Waals surface area contributed by atoms with Crippen molar-refractivity contribution in [2.75, 3.05) is 0 Å². The number of aromatic nitrogens is 1. The first-order valence-corrected chi connectivity index (χ1v) is 6.01. The topological polar surface area (TPSA) is 40.6 Å². The van der Waals surface area contributed by atoms with Gasteiger partial charge in [-0.1, -0.05) is 6.07 Å². The number of nitrogens with zero attached hydrogens (tertiary/aromatic N) is 1. The van der Waals surface area contributed by atoms with Gasteiger partial charge in [0.15, 0.2) is 11.5 Å². The fraction of sp³-hybridized carbons (Fsp3) is 0.0833. The normalized spacial score (nSPS) is 15.3. The maximum Gasteiger partial charge on any atom is 0.586 e. The van der Waals surface area contributed by atoms with Gasteiger partial charge in [0.25, 0.3) is 0 Å². The summed E-state index contributed by atoms with van der Waals surface area (Å²) in [5.74, 6) is 0.558. The highest BCUT2D eigenvalue weighted by molar-refractivity contribution is 9.10. The quantitative estimate of drug-likeness (QED) is 0.782. The zero-order valence-electron chi connectivity index (χ0n) is 9.27. The molecule has 1 aromatic carbocycles. The Morgan fingerprint density at radius 3 is 2.68 bits per heavy atom. The molecule has 2 aromatic rings. The van der Waals surface area contributed by atoms with Gasteiger partial charge in [-0.2, -0.15) is 0 Å². The first kappa shape index (κ1) is 12.2. The maximum absolute atomic E-state index is 12.8. The largest absolute Gasteiger partial charge is 0.586 e. The molecule has 0 spiro atoms. The summed E-state index contributed by atoms with van der Waals surface area (Å²) in [6.45, 7) is 0. The van der Waals surface area contributed by atoms with Crippen LogP contribution in [0, 0.1) is 0 Å². The van der Waals surface area contributed by atoms with Crippen LogP contribution in [0.4, 0.5) is 8.78 Å². The lowest BCUT2D eigenvalue weighted by molar-refractivity contribution is -0.286. The second kappa shape index (κ2) is 4.34. The van der Waals surface area contributed by atoms with Crippen LogP contribution in [0.25, 0.3) is 0 Å². The predicted octanol–water partition coefficient (Wildman–Crippen LogP) is 3.96. The zero-order valence-corrected chi connectivity index (χ0v) is 10.9. The molecule has 4 nitrogen and oxygen atoms in total. The van der Waals surface area contributed by atoms with Crippen LogP contribution < -0.4 is 14.2 Å². The number of hydrogen-bond donors (Lipinski definition) is 0. The van der Waals surface area contributed by atoms with Crippen molar-refractivity contribution >= 4 is 15.9 Å². The Balaban J connectivity index is 1.85. The monoisotopic (exact) mass is 329 g/mol. The van der Waals surface area contributed by atoms with E-state index in [9.17, 15) is 8.78 Å². The minimum Gasteiger partial charge on any atom is -0.439 e. The molecule has 98 valence electrons. The third kappa shape index (κ3) is 2.60. The number of hydrogen-bond acceptors (Lipinski definition) is 4. The van der Waals surface area contributed by atoms with Crippen molar-refractivity contribution in [1.82, 2.24) is 4.98 Å². The van der Waals surface area contributed by atoms with E-state index in [1.54, 1.807) is 18.2 Å². The smallest absolute Gasteiger partial charge is 0.439 e. The Morgan fingerprint density at radius 2 is 1.89 bits per heavy atom. The molecule has 0 N–H and O–H groups in total. The second-order valence-corrected chi connectivity index (χ2v) is 4.49. The van der Waals surface area contributed by atoms with Crippen molar-refractivity contribution < 1.29 is 23.0 Å². The highest BCUT2D eigenvalue weighted by atomic mass is 79.9. The van der Waals surface area contributed by atoms with Crippen molar-refractivity contribution in [3.8, 4) is 23.1 Å². The van der Waals surface area contributed by atoms with Crippen molar-refractivity contribution in [2.45, 2.75) is 6.29 Å². The first-order chi connectivity index (χ1) is 9.02. The summed E-state index contributed by atoms with van der Waals surface area (Å²) in [6, 6.07) is 9.29. The molecule has 19 heavy (non-hydrogen) atoms. The predicted molar refractivity (Wildman–Crippen MR) is 64.7 cm³/mol. The van der Waals surface area contributed by atoms with E-state index in [2.05, 4.69) is 30.4 Å². The summed E-state index contributed by atoms with van der Waals surface area (Å²) < 4.78 is 40.3. The molecule has 0 radical (unpaired) electrons. The number of benzene rings is 1. The van der Waals surface area contributed by atoms with Gasteiger partial charge in [0.2, 0.25) is 5.88 Å². The Kier molecular flexibility index (Phi) is 2.78. The van der Waals surface area contributed by atoms with Gasteiger partial charge in [0.05, 0.1) is 0 Å². The summed E-state index contributed by atoms with van der Waals surface area (Å²) in [5, 5.41) is 0. The second-order valence-electron chi connectivity index (χ2n) is 3.68. The molecule has 0 saturated carbocycles. The SMILES string of the molecule is FC1(F)Oc2ccc(Oc3cccc(Br)n3)cc2O1. The Morgan fingerprint density at radius 1 is 1.11 bits per heavy atom. The molecule has 0 bridgehead atoms. The van der Waals surface area contributed by atoms with Gasteiger partial charge in [-0.05, 0) is 34.1 Å². The molecule has 7 heteroatoms. The van der Waals surface area contributed by atoms with Gasteiger partial charge in [0.1, 0.15) is 10.4 Å². The van der Waals surface area contributed by atoms with E-state index in [1.807, 2.05) is 0 Å². The van der Waals surface area contributed by atoms with Crippen molar-refractivity contribution in [2.24, 2.45) is 0 Å². The molecule has 0 atom stereocenters. The molecule has 1 aromatic heterocycles. The third-order valence-corrected chi connectivity index (χ3v) is 2.73. The summed E-state index contributed by atoms with van der Waals surface area (Å²) in [7, 11) is 0. The number of halogens is 3. The maximum atomic E-state index is 12.8. The molecule has 0 amide bonds. The molecule has 1 aliphatic heterocycles. The Hall–Kier alpha value is -1.89. The Labute approximate surface area is 115 Å². The van der Waals surface area contributed by atoms with Gasteiger partial charge in [-0.3, -0.25) is 0 Å². The molecule has 0 aliphatic carbocycles. The van der Waals surface area contributed by atoms with Crippen LogP contribution in [-0.4, -0.2) is 11.3 Å². The molecule has 1 aliphatic rings. The van der Waals surface area contributed by atoms with Gasteiger partial charge >= 0.3 is 6.29 Å². The molecule has 3 rings (SSSR count). The number of pyridine rings is 1. The minimum atomic E-state index is -3.63. The van der Waals surface area contributed by atoms with Crippen LogP contribution in [0.15, 0.2) is 41.0 Å². The van der Waals surface area contributed by atoms with Crippen LogP contribution in [0.1, 0.15) is 0 Å². The summed E-state index contributed by atoms with van der Waals surface area (Å²) in [5.41, 5.74) is 0. The van der Waals surface area contributed by atoms with E-state index in [-0.39, 0.29) is 11.5 Å². The standard InChI is InChI=1S/C12H6BrF2NO3/c13-10-2-1-3-11(16-10)17-7-4-5-8-9(6-7)19-12(14,15)18-8/h1-6H. The van der Waals surface area contributed by atoms with Gasteiger partial charge in [0, 0.05) is 12.1 Å². The molecule has 2 heterocycles. The van der Waals surface area contributed by atoms with Crippen LogP contribution in [0.3, 0.4) is 0 Å². The van der Waals surface area contributed by atoms with Crippen LogP contribution >= 0.6 is 15.9 Å². The average molecular weight is 330 g/mol. The first-order valence-electron chi connectivity index (χ1n) is 5.22. The molecule has 0 fully saturated rings. The molecule has 0 saturated heterocycles. The van der Waals surface area contributed by atoms with E-state index in [0.717, 1.165) is 0 Å². The lowest BCUT2D eigenvalue weighted by atomic mass is 10.3. The van der Waals surface area contributed by atoms with E-state index in [4.69, 9.17) is 4.74 Å². The summed E-state index contributed by atoms with van der Waals surface area (Å²) >= 11 is 3.21. The van der Waals surface area contributed by atoms with Gasteiger partial charge in [-0.25, -0.2) is 4.98 Å². The molecular weight excluding hydrogens is 324 g/mol. The number of rotatable bonds is 2. The van der Waals surface area contributed by atoms with Crippen molar-refractivity contribution in [1.29, 1.82) is 0 Å². The van der Waals surface area contributed by atoms with Gasteiger partial charge < -0.3 is 14.2 Å². The van der Waals surface area contributed by atoms with Crippen molar-refractivity contribution in [3.05, 3.63) is 41.0 Å². The van der Waals surface area contributed by atoms with Crippen molar-refractivity contribution in [3.63, 3.8) is 0 Å². The minimum absolute atomic E-state index is 0.0282. The molecular formula is C12H6BrF2NO3. The molecule has 0 unspecified atom stereocenters. The number of fused-ring (bicyclic) bond motifs is 1. The highest BCUT2D eigenvalue weighted by Gasteiger charge is 2.43. The van der Waals surface area contributed by atoms with Crippen LogP contribution in [0.2, 0.25) is 0 Å². The fourth-order valence-electron chi connectivity index (χ4n) is 1.56. The van der Waals surface area contributed by atoms with Crippen LogP contribution in [-0.2, 0) is 0 Å². The highest BCUT2D eigenvalue weighted by Crippen LogP contribution is 2.43. The fourth-order valence-corrected chi connectivity index (χ4v) is 1.89. The number of alkyl halides is 2. The van der Waals surface area contributed by atoms with E-state index >= 15 is 0 Å². The summed E-state index contributed by atoms with van der Waals surface area (Å²) in [6.07, 6.45) is -3.63.